The lowest BCUT2D eigenvalue weighted by atomic mass is 10.1. The van der Waals surface area contributed by atoms with Crippen LogP contribution in [0.2, 0.25) is 0 Å². The van der Waals surface area contributed by atoms with E-state index in [1.165, 1.54) is 11.8 Å². The van der Waals surface area contributed by atoms with Crippen LogP contribution in [0.15, 0.2) is 51.8 Å². The largest absolute Gasteiger partial charge is 0.392 e. The average molecular weight is 359 g/mol. The van der Waals surface area contributed by atoms with Crippen molar-refractivity contribution in [2.45, 2.75) is 17.4 Å². The highest BCUT2D eigenvalue weighted by atomic mass is 79.9. The van der Waals surface area contributed by atoms with E-state index in [0.717, 1.165) is 27.6 Å². The Bertz CT molecular complexity index is 592. The SMILES string of the molecule is OC(CSc1cccc(Br)c1)Cc1cc(F)ccc1F. The van der Waals surface area contributed by atoms with Crippen LogP contribution in [0.1, 0.15) is 5.56 Å². The molecule has 106 valence electrons. The molecule has 0 aliphatic carbocycles. The van der Waals surface area contributed by atoms with Crippen LogP contribution in [0, 0.1) is 11.6 Å². The van der Waals surface area contributed by atoms with Gasteiger partial charge in [-0.05, 0) is 42.0 Å². The molecular formula is C15H13BrF2OS. The van der Waals surface area contributed by atoms with Crippen molar-refractivity contribution >= 4 is 27.7 Å². The second-order valence-electron chi connectivity index (χ2n) is 4.36. The Kier molecular flexibility index (Phi) is 5.57. The topological polar surface area (TPSA) is 20.2 Å². The van der Waals surface area contributed by atoms with Crippen LogP contribution in [-0.4, -0.2) is 17.0 Å². The van der Waals surface area contributed by atoms with E-state index in [9.17, 15) is 13.9 Å². The van der Waals surface area contributed by atoms with Gasteiger partial charge in [-0.2, -0.15) is 0 Å². The smallest absolute Gasteiger partial charge is 0.126 e. The zero-order valence-electron chi connectivity index (χ0n) is 10.5. The highest BCUT2D eigenvalue weighted by Crippen LogP contribution is 2.23. The van der Waals surface area contributed by atoms with Gasteiger partial charge in [-0.15, -0.1) is 11.8 Å². The number of hydrogen-bond acceptors (Lipinski definition) is 2. The maximum absolute atomic E-state index is 13.5. The average Bonchev–Trinajstić information content (AvgIpc) is 2.41. The molecule has 0 saturated carbocycles. The van der Waals surface area contributed by atoms with Crippen LogP contribution < -0.4 is 0 Å². The van der Waals surface area contributed by atoms with Crippen LogP contribution >= 0.6 is 27.7 Å². The molecule has 0 saturated heterocycles. The quantitative estimate of drug-likeness (QED) is 0.798. The van der Waals surface area contributed by atoms with E-state index in [0.29, 0.717) is 5.75 Å². The van der Waals surface area contributed by atoms with Crippen molar-refractivity contribution in [3.05, 3.63) is 64.1 Å². The number of aliphatic hydroxyl groups is 1. The number of thioether (sulfide) groups is 1. The van der Waals surface area contributed by atoms with E-state index in [1.54, 1.807) is 0 Å². The van der Waals surface area contributed by atoms with E-state index >= 15 is 0 Å². The Labute approximate surface area is 129 Å². The van der Waals surface area contributed by atoms with Crippen molar-refractivity contribution in [1.29, 1.82) is 0 Å². The fraction of sp³-hybridized carbons (Fsp3) is 0.200. The molecule has 2 aromatic rings. The van der Waals surface area contributed by atoms with E-state index in [1.807, 2.05) is 24.3 Å². The van der Waals surface area contributed by atoms with Crippen LogP contribution in [0.5, 0.6) is 0 Å². The Balaban J connectivity index is 1.92. The maximum atomic E-state index is 13.5. The highest BCUT2D eigenvalue weighted by molar-refractivity contribution is 9.10. The summed E-state index contributed by atoms with van der Waals surface area (Å²) in [5.41, 5.74) is 0.201. The minimum atomic E-state index is -0.727. The molecule has 1 atom stereocenters. The molecule has 0 radical (unpaired) electrons. The number of benzene rings is 2. The van der Waals surface area contributed by atoms with E-state index < -0.39 is 17.7 Å². The second-order valence-corrected chi connectivity index (χ2v) is 6.37. The molecule has 0 aliphatic rings. The number of hydrogen-bond donors (Lipinski definition) is 1. The predicted octanol–water partition coefficient (Wildman–Crippen LogP) is 4.42. The third kappa shape index (κ3) is 4.58. The molecule has 0 aliphatic heterocycles. The molecule has 0 aromatic heterocycles. The van der Waals surface area contributed by atoms with E-state index in [4.69, 9.17) is 0 Å². The molecule has 0 spiro atoms. The summed E-state index contributed by atoms with van der Waals surface area (Å²) in [6.07, 6.45) is -0.625. The monoisotopic (exact) mass is 358 g/mol. The van der Waals surface area contributed by atoms with Gasteiger partial charge >= 0.3 is 0 Å². The molecule has 1 unspecified atom stereocenters. The third-order valence-corrected chi connectivity index (χ3v) is 4.33. The van der Waals surface area contributed by atoms with Gasteiger partial charge in [-0.1, -0.05) is 22.0 Å². The van der Waals surface area contributed by atoms with Crippen LogP contribution in [0.4, 0.5) is 8.78 Å². The molecule has 0 amide bonds. The summed E-state index contributed by atoms with van der Waals surface area (Å²) in [7, 11) is 0. The van der Waals surface area contributed by atoms with Gasteiger partial charge in [-0.3, -0.25) is 0 Å². The molecule has 5 heteroatoms. The van der Waals surface area contributed by atoms with Gasteiger partial charge in [0, 0.05) is 21.5 Å². The van der Waals surface area contributed by atoms with Crippen LogP contribution in [0.25, 0.3) is 0 Å². The third-order valence-electron chi connectivity index (χ3n) is 2.70. The number of rotatable bonds is 5. The second kappa shape index (κ2) is 7.20. The molecule has 2 rings (SSSR count). The Morgan fingerprint density at radius 2 is 1.95 bits per heavy atom. The number of halogens is 3. The summed E-state index contributed by atoms with van der Waals surface area (Å²) < 4.78 is 27.5. The van der Waals surface area contributed by atoms with Crippen molar-refractivity contribution < 1.29 is 13.9 Å². The minimum absolute atomic E-state index is 0.102. The first-order chi connectivity index (χ1) is 9.54. The minimum Gasteiger partial charge on any atom is -0.392 e. The van der Waals surface area contributed by atoms with Crippen LogP contribution in [-0.2, 0) is 6.42 Å². The van der Waals surface area contributed by atoms with Gasteiger partial charge in [0.25, 0.3) is 0 Å². The first-order valence-corrected chi connectivity index (χ1v) is 7.83. The van der Waals surface area contributed by atoms with Crippen molar-refractivity contribution in [3.63, 3.8) is 0 Å². The fourth-order valence-corrected chi connectivity index (χ4v) is 3.20. The maximum Gasteiger partial charge on any atom is 0.126 e. The molecule has 0 heterocycles. The molecule has 1 nitrogen and oxygen atoms in total. The molecule has 2 aromatic carbocycles. The lowest BCUT2D eigenvalue weighted by Crippen LogP contribution is -2.14. The van der Waals surface area contributed by atoms with E-state index in [2.05, 4.69) is 15.9 Å². The summed E-state index contributed by atoms with van der Waals surface area (Å²) in [5, 5.41) is 9.93. The van der Waals surface area contributed by atoms with Crippen molar-refractivity contribution in [2.75, 3.05) is 5.75 Å². The van der Waals surface area contributed by atoms with Gasteiger partial charge in [0.2, 0.25) is 0 Å². The summed E-state index contributed by atoms with van der Waals surface area (Å²) in [6, 6.07) is 11.0. The Morgan fingerprint density at radius 3 is 2.70 bits per heavy atom. The van der Waals surface area contributed by atoms with Gasteiger partial charge in [0.15, 0.2) is 0 Å². The first-order valence-electron chi connectivity index (χ1n) is 6.05. The summed E-state index contributed by atoms with van der Waals surface area (Å²) in [6.45, 7) is 0. The number of aliphatic hydroxyl groups excluding tert-OH is 1. The standard InChI is InChI=1S/C15H13BrF2OS/c16-11-2-1-3-14(8-11)20-9-13(19)7-10-6-12(17)4-5-15(10)18/h1-6,8,13,19H,7,9H2. The Morgan fingerprint density at radius 1 is 1.15 bits per heavy atom. The van der Waals surface area contributed by atoms with Crippen molar-refractivity contribution in [3.8, 4) is 0 Å². The lowest BCUT2D eigenvalue weighted by molar-refractivity contribution is 0.198. The summed E-state index contributed by atoms with van der Waals surface area (Å²) in [4.78, 5) is 1.01. The van der Waals surface area contributed by atoms with E-state index in [-0.39, 0.29) is 12.0 Å². The molecule has 20 heavy (non-hydrogen) atoms. The van der Waals surface area contributed by atoms with Gasteiger partial charge in [0.1, 0.15) is 11.6 Å². The lowest BCUT2D eigenvalue weighted by Gasteiger charge is -2.11. The fourth-order valence-electron chi connectivity index (χ4n) is 1.76. The molecule has 1 N–H and O–H groups in total. The molecule has 0 bridgehead atoms. The highest BCUT2D eigenvalue weighted by Gasteiger charge is 2.11. The normalized spacial score (nSPS) is 12.4. The zero-order chi connectivity index (χ0) is 14.5. The molecule has 0 fully saturated rings. The zero-order valence-corrected chi connectivity index (χ0v) is 12.9. The molecular weight excluding hydrogens is 346 g/mol. The first kappa shape index (κ1) is 15.5. The van der Waals surface area contributed by atoms with Crippen molar-refractivity contribution in [1.82, 2.24) is 0 Å². The van der Waals surface area contributed by atoms with Crippen LogP contribution in [0.3, 0.4) is 0 Å². The van der Waals surface area contributed by atoms with Crippen molar-refractivity contribution in [2.24, 2.45) is 0 Å². The van der Waals surface area contributed by atoms with Gasteiger partial charge in [0.05, 0.1) is 6.10 Å². The van der Waals surface area contributed by atoms with Gasteiger partial charge < -0.3 is 5.11 Å². The predicted molar refractivity (Wildman–Crippen MR) is 80.9 cm³/mol. The van der Waals surface area contributed by atoms with Gasteiger partial charge in [-0.25, -0.2) is 8.78 Å². The summed E-state index contributed by atoms with van der Waals surface area (Å²) in [5.74, 6) is -0.557. The Hall–Kier alpha value is -0.910. The summed E-state index contributed by atoms with van der Waals surface area (Å²) >= 11 is 4.85.